The average Bonchev–Trinajstić information content (AvgIpc) is 3.29. The summed E-state index contributed by atoms with van der Waals surface area (Å²) in [4.78, 5) is 7.65. The Balaban J connectivity index is 0.00000241. The monoisotopic (exact) mass is 482 g/mol. The number of para-hydroxylation sites is 2. The van der Waals surface area contributed by atoms with Crippen molar-refractivity contribution in [1.29, 1.82) is 0 Å². The molecule has 0 aliphatic carbocycles. The summed E-state index contributed by atoms with van der Waals surface area (Å²) in [7, 11) is 0. The van der Waals surface area contributed by atoms with Gasteiger partial charge in [0, 0.05) is 18.1 Å². The van der Waals surface area contributed by atoms with Gasteiger partial charge in [0.25, 0.3) is 0 Å². The normalized spacial score (nSPS) is 26.5. The summed E-state index contributed by atoms with van der Waals surface area (Å²) in [6, 6.07) is 17.8. The van der Waals surface area contributed by atoms with Gasteiger partial charge in [0.05, 0.1) is 11.0 Å². The third-order valence-electron chi connectivity index (χ3n) is 8.84. The van der Waals surface area contributed by atoms with Crippen molar-refractivity contribution in [2.24, 2.45) is 0 Å². The molecule has 0 amide bonds. The number of imidazole rings is 1. The molecule has 34 heavy (non-hydrogen) atoms. The molecular formula is C28H36ClFN4. The molecule has 182 valence electrons. The van der Waals surface area contributed by atoms with Crippen LogP contribution < -0.4 is 5.32 Å². The second-order valence-electron chi connectivity index (χ2n) is 10.6. The van der Waals surface area contributed by atoms with E-state index in [9.17, 15) is 4.39 Å². The van der Waals surface area contributed by atoms with E-state index in [2.05, 4.69) is 52.0 Å². The molecular weight excluding hydrogens is 447 g/mol. The lowest BCUT2D eigenvalue weighted by Gasteiger charge is -2.44. The highest BCUT2D eigenvalue weighted by Gasteiger charge is 2.43. The number of nitrogens with one attached hydrogen (secondary N) is 1. The molecule has 1 N–H and O–H groups in total. The van der Waals surface area contributed by atoms with Crippen LogP contribution in [-0.4, -0.2) is 46.2 Å². The largest absolute Gasteiger partial charge is 0.325 e. The van der Waals surface area contributed by atoms with E-state index < -0.39 is 0 Å². The first-order valence-electron chi connectivity index (χ1n) is 12.8. The molecule has 1 aromatic heterocycles. The highest BCUT2D eigenvalue weighted by Crippen LogP contribution is 2.44. The van der Waals surface area contributed by atoms with Crippen LogP contribution in [-0.2, 0) is 5.41 Å². The van der Waals surface area contributed by atoms with Gasteiger partial charge < -0.3 is 9.88 Å². The van der Waals surface area contributed by atoms with Crippen molar-refractivity contribution in [2.45, 2.75) is 75.4 Å². The van der Waals surface area contributed by atoms with Gasteiger partial charge in [-0.05, 0) is 107 Å². The Morgan fingerprint density at radius 1 is 1.00 bits per heavy atom. The zero-order valence-electron chi connectivity index (χ0n) is 20.0. The highest BCUT2D eigenvalue weighted by molar-refractivity contribution is 5.85. The summed E-state index contributed by atoms with van der Waals surface area (Å²) in [6.07, 6.45) is 8.37. The lowest BCUT2D eigenvalue weighted by Crippen LogP contribution is -2.47. The van der Waals surface area contributed by atoms with Crippen molar-refractivity contribution in [3.8, 4) is 0 Å². The minimum Gasteiger partial charge on any atom is -0.325 e. The average molecular weight is 483 g/mol. The number of hydrogen-bond donors (Lipinski definition) is 1. The van der Waals surface area contributed by atoms with Crippen LogP contribution in [0.1, 0.15) is 62.4 Å². The maximum atomic E-state index is 14.1. The molecule has 6 rings (SSSR count). The van der Waals surface area contributed by atoms with Crippen molar-refractivity contribution in [3.63, 3.8) is 0 Å². The number of aryl methyl sites for hydroxylation is 1. The standard InChI is InChI=1S/C28H35FN4.ClH/c1-20-31-26-7-2-3-8-27(26)33(20)25-18-23-9-10-24(19-25)32(23)16-13-28(11-14-30-15-12-28)21-5-4-6-22(29)17-21;/h2-8,17,23-25,30H,9-16,18-19H2,1H3;1H. The first kappa shape index (κ1) is 23.8. The predicted molar refractivity (Wildman–Crippen MR) is 138 cm³/mol. The van der Waals surface area contributed by atoms with Crippen molar-refractivity contribution in [3.05, 3.63) is 65.7 Å². The molecule has 2 bridgehead atoms. The SMILES string of the molecule is Cc1nc2ccccc2n1C1CC2CCC(C1)N2CCC1(c2cccc(F)c2)CCNCC1.Cl. The summed E-state index contributed by atoms with van der Waals surface area (Å²) in [6.45, 7) is 5.34. The Morgan fingerprint density at radius 2 is 1.74 bits per heavy atom. The van der Waals surface area contributed by atoms with Gasteiger partial charge in [0.2, 0.25) is 0 Å². The van der Waals surface area contributed by atoms with E-state index >= 15 is 0 Å². The zero-order chi connectivity index (χ0) is 22.4. The summed E-state index contributed by atoms with van der Waals surface area (Å²) in [5, 5.41) is 3.52. The molecule has 2 unspecified atom stereocenters. The summed E-state index contributed by atoms with van der Waals surface area (Å²) >= 11 is 0. The summed E-state index contributed by atoms with van der Waals surface area (Å²) in [5.74, 6) is 1.04. The van der Waals surface area contributed by atoms with E-state index in [1.807, 2.05) is 6.07 Å². The molecule has 3 fully saturated rings. The second-order valence-corrected chi connectivity index (χ2v) is 10.6. The number of piperidine rings is 2. The van der Waals surface area contributed by atoms with Gasteiger partial charge >= 0.3 is 0 Å². The molecule has 2 aromatic carbocycles. The van der Waals surface area contributed by atoms with Crippen LogP contribution in [0.4, 0.5) is 4.39 Å². The number of nitrogens with zero attached hydrogens (tertiary/aromatic N) is 3. The van der Waals surface area contributed by atoms with Crippen molar-refractivity contribution < 1.29 is 4.39 Å². The Hall–Kier alpha value is -1.95. The molecule has 4 heterocycles. The van der Waals surface area contributed by atoms with Gasteiger partial charge in [-0.1, -0.05) is 24.3 Å². The van der Waals surface area contributed by atoms with Gasteiger partial charge in [-0.2, -0.15) is 0 Å². The smallest absolute Gasteiger partial charge is 0.123 e. The van der Waals surface area contributed by atoms with Gasteiger partial charge in [0.1, 0.15) is 11.6 Å². The van der Waals surface area contributed by atoms with E-state index in [-0.39, 0.29) is 23.6 Å². The zero-order valence-corrected chi connectivity index (χ0v) is 20.9. The van der Waals surface area contributed by atoms with E-state index in [1.54, 1.807) is 12.1 Å². The molecule has 2 atom stereocenters. The quantitative estimate of drug-likeness (QED) is 0.500. The Morgan fingerprint density at radius 3 is 2.47 bits per heavy atom. The molecule has 3 aromatic rings. The van der Waals surface area contributed by atoms with Gasteiger partial charge in [-0.15, -0.1) is 12.4 Å². The van der Waals surface area contributed by atoms with Crippen LogP contribution in [0.15, 0.2) is 48.5 Å². The van der Waals surface area contributed by atoms with Crippen LogP contribution in [0.2, 0.25) is 0 Å². The lowest BCUT2D eigenvalue weighted by molar-refractivity contribution is 0.0928. The van der Waals surface area contributed by atoms with E-state index in [0.717, 1.165) is 50.2 Å². The number of fused-ring (bicyclic) bond motifs is 3. The minimum atomic E-state index is -0.103. The number of hydrogen-bond acceptors (Lipinski definition) is 3. The van der Waals surface area contributed by atoms with Gasteiger partial charge in [-0.25, -0.2) is 9.37 Å². The van der Waals surface area contributed by atoms with Crippen molar-refractivity contribution >= 4 is 23.4 Å². The number of benzene rings is 2. The summed E-state index contributed by atoms with van der Waals surface area (Å²) < 4.78 is 16.6. The van der Waals surface area contributed by atoms with E-state index in [4.69, 9.17) is 4.98 Å². The maximum absolute atomic E-state index is 14.1. The first-order valence-corrected chi connectivity index (χ1v) is 12.8. The maximum Gasteiger partial charge on any atom is 0.123 e. The van der Waals surface area contributed by atoms with E-state index in [1.165, 1.54) is 36.8 Å². The van der Waals surface area contributed by atoms with Crippen molar-refractivity contribution in [1.82, 2.24) is 19.8 Å². The Labute approximate surface area is 208 Å². The molecule has 0 spiro atoms. The van der Waals surface area contributed by atoms with Crippen LogP contribution in [0.5, 0.6) is 0 Å². The van der Waals surface area contributed by atoms with Crippen LogP contribution in [0.25, 0.3) is 11.0 Å². The van der Waals surface area contributed by atoms with Gasteiger partial charge in [0.15, 0.2) is 0 Å². The molecule has 6 heteroatoms. The topological polar surface area (TPSA) is 33.1 Å². The fraction of sp³-hybridized carbons (Fsp3) is 0.536. The Bertz CT molecular complexity index is 1120. The molecule has 0 radical (unpaired) electrons. The predicted octanol–water partition coefficient (Wildman–Crippen LogP) is 5.79. The molecule has 3 saturated heterocycles. The highest BCUT2D eigenvalue weighted by atomic mass is 35.5. The minimum absolute atomic E-state index is 0. The second kappa shape index (κ2) is 9.60. The summed E-state index contributed by atoms with van der Waals surface area (Å²) in [5.41, 5.74) is 3.70. The molecule has 3 aliphatic heterocycles. The molecule has 3 aliphatic rings. The van der Waals surface area contributed by atoms with Crippen LogP contribution in [0.3, 0.4) is 0 Å². The number of halogens is 2. The molecule has 4 nitrogen and oxygen atoms in total. The van der Waals surface area contributed by atoms with Crippen LogP contribution in [0, 0.1) is 12.7 Å². The fourth-order valence-corrected chi connectivity index (χ4v) is 7.20. The van der Waals surface area contributed by atoms with Crippen LogP contribution >= 0.6 is 12.4 Å². The fourth-order valence-electron chi connectivity index (χ4n) is 7.20. The van der Waals surface area contributed by atoms with Crippen molar-refractivity contribution in [2.75, 3.05) is 19.6 Å². The third kappa shape index (κ3) is 4.16. The van der Waals surface area contributed by atoms with E-state index in [0.29, 0.717) is 18.1 Å². The molecule has 0 saturated carbocycles. The third-order valence-corrected chi connectivity index (χ3v) is 8.84. The van der Waals surface area contributed by atoms with Gasteiger partial charge in [-0.3, -0.25) is 4.90 Å². The first-order chi connectivity index (χ1) is 16.1. The Kier molecular flexibility index (Phi) is 6.71. The number of rotatable bonds is 5. The lowest BCUT2D eigenvalue weighted by atomic mass is 9.70. The number of aromatic nitrogens is 2.